The van der Waals surface area contributed by atoms with Gasteiger partial charge in [-0.15, -0.1) is 0 Å². The number of nitrogens with zero attached hydrogens (tertiary/aromatic N) is 3. The van der Waals surface area contributed by atoms with Gasteiger partial charge in [-0.2, -0.15) is 5.26 Å². The van der Waals surface area contributed by atoms with Crippen LogP contribution >= 0.6 is 11.3 Å². The van der Waals surface area contributed by atoms with Gasteiger partial charge in [0.05, 0.1) is 33.3 Å². The maximum Gasteiger partial charge on any atom is 0.266 e. The minimum Gasteiger partial charge on any atom is -0.491 e. The van der Waals surface area contributed by atoms with E-state index in [9.17, 15) is 13.5 Å². The summed E-state index contributed by atoms with van der Waals surface area (Å²) in [4.78, 5) is 4.59. The van der Waals surface area contributed by atoms with Crippen molar-refractivity contribution in [3.8, 4) is 11.8 Å². The molecule has 0 aliphatic heterocycles. The van der Waals surface area contributed by atoms with Gasteiger partial charge in [0.1, 0.15) is 18.5 Å². The Bertz CT molecular complexity index is 1310. The number of hydrogen-bond donors (Lipinski definition) is 1. The number of ether oxygens (including phenoxy) is 1. The maximum atomic E-state index is 13.4. The van der Waals surface area contributed by atoms with Crippen LogP contribution in [-0.2, 0) is 10.0 Å². The summed E-state index contributed by atoms with van der Waals surface area (Å²) in [5.74, 6) is 0.473. The minimum absolute atomic E-state index is 0.111. The van der Waals surface area contributed by atoms with E-state index in [0.717, 1.165) is 9.01 Å². The SMILES string of the molecule is N#Cc1ccc(OCC(O)CN(c2nc3ccccc3s2)S(=O)(=O)c2ccccc2)cc1. The Morgan fingerprint density at radius 3 is 2.41 bits per heavy atom. The summed E-state index contributed by atoms with van der Waals surface area (Å²) in [5, 5.41) is 19.8. The van der Waals surface area contributed by atoms with E-state index in [1.54, 1.807) is 42.5 Å². The zero-order valence-electron chi connectivity index (χ0n) is 16.8. The molecule has 0 aliphatic carbocycles. The first-order valence-electron chi connectivity index (χ1n) is 9.72. The number of aliphatic hydroxyl groups is 1. The average Bonchev–Trinajstić information content (AvgIpc) is 3.25. The van der Waals surface area contributed by atoms with Crippen molar-refractivity contribution in [1.29, 1.82) is 5.26 Å². The van der Waals surface area contributed by atoms with Gasteiger partial charge in [-0.1, -0.05) is 41.7 Å². The minimum atomic E-state index is -3.96. The molecule has 1 atom stereocenters. The van der Waals surface area contributed by atoms with Gasteiger partial charge in [0, 0.05) is 0 Å². The molecular formula is C23H19N3O4S2. The standard InChI is InChI=1S/C23H19N3O4S2/c24-14-17-10-12-19(13-11-17)30-16-18(27)15-26(32(28,29)20-6-2-1-3-7-20)23-25-21-8-4-5-9-22(21)31-23/h1-13,18,27H,15-16H2. The second kappa shape index (κ2) is 9.36. The van der Waals surface area contributed by atoms with Crippen LogP contribution in [0, 0.1) is 11.3 Å². The lowest BCUT2D eigenvalue weighted by molar-refractivity contribution is 0.115. The van der Waals surface area contributed by atoms with E-state index >= 15 is 0 Å². The Balaban J connectivity index is 1.59. The number of aliphatic hydroxyl groups excluding tert-OH is 1. The third-order valence-corrected chi connectivity index (χ3v) is 7.57. The number of thiazole rings is 1. The van der Waals surface area contributed by atoms with Crippen molar-refractivity contribution >= 4 is 36.7 Å². The highest BCUT2D eigenvalue weighted by atomic mass is 32.2. The van der Waals surface area contributed by atoms with Gasteiger partial charge >= 0.3 is 0 Å². The molecule has 0 spiro atoms. The molecule has 1 heterocycles. The van der Waals surface area contributed by atoms with Gasteiger partial charge < -0.3 is 9.84 Å². The molecular weight excluding hydrogens is 446 g/mol. The predicted molar refractivity (Wildman–Crippen MR) is 123 cm³/mol. The zero-order chi connectivity index (χ0) is 22.6. The van der Waals surface area contributed by atoms with Crippen molar-refractivity contribution in [2.45, 2.75) is 11.0 Å². The van der Waals surface area contributed by atoms with E-state index in [-0.39, 0.29) is 23.2 Å². The lowest BCUT2D eigenvalue weighted by Crippen LogP contribution is -2.39. The zero-order valence-corrected chi connectivity index (χ0v) is 18.5. The molecule has 9 heteroatoms. The largest absolute Gasteiger partial charge is 0.491 e. The van der Waals surface area contributed by atoms with Crippen LogP contribution in [0.4, 0.5) is 5.13 Å². The van der Waals surface area contributed by atoms with Gasteiger partial charge in [-0.05, 0) is 48.5 Å². The number of fused-ring (bicyclic) bond motifs is 1. The van der Waals surface area contributed by atoms with Crippen LogP contribution in [0.2, 0.25) is 0 Å². The van der Waals surface area contributed by atoms with Crippen molar-refractivity contribution in [1.82, 2.24) is 4.98 Å². The van der Waals surface area contributed by atoms with Gasteiger partial charge in [-0.3, -0.25) is 0 Å². The second-order valence-electron chi connectivity index (χ2n) is 6.91. The van der Waals surface area contributed by atoms with Crippen molar-refractivity contribution in [3.63, 3.8) is 0 Å². The predicted octanol–water partition coefficient (Wildman–Crippen LogP) is 3.80. The Hall–Kier alpha value is -3.45. The lowest BCUT2D eigenvalue weighted by Gasteiger charge is -2.24. The Labute approximate surface area is 189 Å². The molecule has 0 aliphatic rings. The monoisotopic (exact) mass is 465 g/mol. The van der Waals surface area contributed by atoms with Crippen molar-refractivity contribution in [2.24, 2.45) is 0 Å². The normalized spacial score (nSPS) is 12.2. The van der Waals surface area contributed by atoms with Crippen molar-refractivity contribution < 1.29 is 18.3 Å². The summed E-state index contributed by atoms with van der Waals surface area (Å²) in [5.41, 5.74) is 1.18. The number of anilines is 1. The summed E-state index contributed by atoms with van der Waals surface area (Å²) in [7, 11) is -3.96. The fraction of sp³-hybridized carbons (Fsp3) is 0.130. The van der Waals surface area contributed by atoms with E-state index < -0.39 is 16.1 Å². The third-order valence-electron chi connectivity index (χ3n) is 4.63. The van der Waals surface area contributed by atoms with Gasteiger partial charge in [-0.25, -0.2) is 17.7 Å². The molecule has 0 bridgehead atoms. The molecule has 1 N–H and O–H groups in total. The van der Waals surface area contributed by atoms with E-state index in [0.29, 0.717) is 16.8 Å². The Kier molecular flexibility index (Phi) is 6.37. The second-order valence-corrected chi connectivity index (χ2v) is 9.79. The Morgan fingerprint density at radius 1 is 1.03 bits per heavy atom. The molecule has 1 aromatic heterocycles. The summed E-state index contributed by atoms with van der Waals surface area (Å²) in [6.07, 6.45) is -1.11. The molecule has 32 heavy (non-hydrogen) atoms. The van der Waals surface area contributed by atoms with Crippen LogP contribution in [-0.4, -0.2) is 37.8 Å². The molecule has 4 aromatic rings. The molecule has 0 fully saturated rings. The topological polar surface area (TPSA) is 104 Å². The fourth-order valence-electron chi connectivity index (χ4n) is 3.03. The van der Waals surface area contributed by atoms with E-state index in [2.05, 4.69) is 4.98 Å². The molecule has 7 nitrogen and oxygen atoms in total. The fourth-order valence-corrected chi connectivity index (χ4v) is 5.69. The summed E-state index contributed by atoms with van der Waals surface area (Å²) < 4.78 is 34.4. The van der Waals surface area contributed by atoms with Gasteiger partial charge in [0.25, 0.3) is 10.0 Å². The summed E-state index contributed by atoms with van der Waals surface area (Å²) in [6.45, 7) is -0.356. The molecule has 0 saturated heterocycles. The molecule has 4 rings (SSSR count). The number of hydrogen-bond acceptors (Lipinski definition) is 7. The van der Waals surface area contributed by atoms with E-state index in [4.69, 9.17) is 10.00 Å². The van der Waals surface area contributed by atoms with E-state index in [1.807, 2.05) is 30.3 Å². The quantitative estimate of drug-likeness (QED) is 0.424. The molecule has 0 saturated carbocycles. The third kappa shape index (κ3) is 4.73. The van der Waals surface area contributed by atoms with Crippen LogP contribution in [0.5, 0.6) is 5.75 Å². The smallest absolute Gasteiger partial charge is 0.266 e. The Morgan fingerprint density at radius 2 is 1.72 bits per heavy atom. The first-order chi connectivity index (χ1) is 15.5. The highest BCUT2D eigenvalue weighted by molar-refractivity contribution is 7.93. The number of rotatable bonds is 8. The maximum absolute atomic E-state index is 13.4. The van der Waals surface area contributed by atoms with Crippen LogP contribution in [0.25, 0.3) is 10.2 Å². The van der Waals surface area contributed by atoms with Crippen LogP contribution in [0.15, 0.2) is 83.8 Å². The summed E-state index contributed by atoms with van der Waals surface area (Å²) >= 11 is 1.24. The van der Waals surface area contributed by atoms with E-state index in [1.165, 1.54) is 23.5 Å². The average molecular weight is 466 g/mol. The van der Waals surface area contributed by atoms with Crippen molar-refractivity contribution in [2.75, 3.05) is 17.5 Å². The number of benzene rings is 3. The van der Waals surface area contributed by atoms with Gasteiger partial charge in [0.2, 0.25) is 5.13 Å². The lowest BCUT2D eigenvalue weighted by atomic mass is 10.2. The first-order valence-corrected chi connectivity index (χ1v) is 12.0. The van der Waals surface area contributed by atoms with Gasteiger partial charge in [0.15, 0.2) is 0 Å². The first kappa shape index (κ1) is 21.8. The highest BCUT2D eigenvalue weighted by Gasteiger charge is 2.29. The molecule has 0 radical (unpaired) electrons. The number of nitriles is 1. The highest BCUT2D eigenvalue weighted by Crippen LogP contribution is 2.32. The molecule has 3 aromatic carbocycles. The number of para-hydroxylation sites is 1. The number of sulfonamides is 1. The molecule has 162 valence electrons. The molecule has 0 amide bonds. The summed E-state index contributed by atoms with van der Waals surface area (Å²) in [6, 6.07) is 23.9. The number of aromatic nitrogens is 1. The molecule has 1 unspecified atom stereocenters. The van der Waals surface area contributed by atoms with Crippen LogP contribution in [0.3, 0.4) is 0 Å². The van der Waals surface area contributed by atoms with Crippen molar-refractivity contribution in [3.05, 3.63) is 84.4 Å². The van der Waals surface area contributed by atoms with Crippen LogP contribution in [0.1, 0.15) is 5.56 Å². The van der Waals surface area contributed by atoms with Crippen LogP contribution < -0.4 is 9.04 Å².